The average molecular weight is 462 g/mol. The zero-order valence-electron chi connectivity index (χ0n) is 21.4. The molecule has 0 unspecified atom stereocenters. The van der Waals surface area contributed by atoms with Gasteiger partial charge in [0.05, 0.1) is 6.33 Å². The van der Waals surface area contributed by atoms with Gasteiger partial charge in [0.2, 0.25) is 0 Å². The number of hydrogen-bond acceptors (Lipinski definition) is 4. The highest BCUT2D eigenvalue weighted by molar-refractivity contribution is 7.02. The first-order valence-electron chi connectivity index (χ1n) is 12.9. The van der Waals surface area contributed by atoms with E-state index < -0.39 is 16.5 Å². The van der Waals surface area contributed by atoms with Gasteiger partial charge in [0.1, 0.15) is 34.3 Å². The van der Waals surface area contributed by atoms with Crippen LogP contribution < -0.4 is 4.23 Å². The second kappa shape index (κ2) is 12.1. The van der Waals surface area contributed by atoms with Gasteiger partial charge < -0.3 is 8.80 Å². The molecule has 7 heteroatoms. The van der Waals surface area contributed by atoms with E-state index in [0.717, 1.165) is 11.5 Å². The Morgan fingerprint density at radius 3 is 1.48 bits per heavy atom. The molecule has 0 bridgehead atoms. The van der Waals surface area contributed by atoms with Crippen molar-refractivity contribution >= 4 is 22.3 Å². The summed E-state index contributed by atoms with van der Waals surface area (Å²) in [5.41, 5.74) is 1.03. The number of anilines is 1. The predicted octanol–water partition coefficient (Wildman–Crippen LogP) is 7.47. The first-order valence-corrected chi connectivity index (χ1v) is 18.0. The predicted molar refractivity (Wildman–Crippen MR) is 140 cm³/mol. The Morgan fingerprint density at radius 1 is 0.677 bits per heavy atom. The Kier molecular flexibility index (Phi) is 10.2. The lowest BCUT2D eigenvalue weighted by Crippen LogP contribution is -2.68. The summed E-state index contributed by atoms with van der Waals surface area (Å²) in [6.45, 7) is 14.4. The van der Waals surface area contributed by atoms with Crippen LogP contribution in [0, 0.1) is 0 Å². The third kappa shape index (κ3) is 5.41. The minimum absolute atomic E-state index is 0.817. The second-order valence-electron chi connectivity index (χ2n) is 9.51. The standard InChI is InChI=1S/C24H47N5Si2/c1-8-14-30(15-9-2,16-10-3)29(31(17-11-4,18-12-5)19-13-6)24-22-23(26-20-25-22)27-21-28(24)7/h20-21H,8-19H2,1-7H3. The lowest BCUT2D eigenvalue weighted by atomic mass is 10.4. The van der Waals surface area contributed by atoms with Crippen molar-refractivity contribution in [2.24, 2.45) is 7.05 Å². The quantitative estimate of drug-likeness (QED) is 0.258. The molecular weight excluding hydrogens is 414 g/mol. The molecule has 2 rings (SSSR count). The van der Waals surface area contributed by atoms with Crippen molar-refractivity contribution in [1.82, 2.24) is 19.5 Å². The number of rotatable bonds is 15. The van der Waals surface area contributed by atoms with E-state index in [4.69, 9.17) is 4.98 Å². The van der Waals surface area contributed by atoms with Gasteiger partial charge in [-0.2, -0.15) is 0 Å². The smallest absolute Gasteiger partial charge is 0.184 e. The van der Waals surface area contributed by atoms with Gasteiger partial charge in [-0.15, -0.1) is 0 Å². The van der Waals surface area contributed by atoms with E-state index in [1.54, 1.807) is 6.33 Å². The molecule has 0 saturated heterocycles. The van der Waals surface area contributed by atoms with Crippen LogP contribution in [0.25, 0.3) is 11.5 Å². The largest absolute Gasteiger partial charge is 0.408 e. The maximum absolute atomic E-state index is 4.80. The van der Waals surface area contributed by atoms with Crippen LogP contribution in [0.1, 0.15) is 80.1 Å². The summed E-state index contributed by atoms with van der Waals surface area (Å²) in [6, 6.07) is 8.32. The highest BCUT2D eigenvalue weighted by atomic mass is 28.4. The summed E-state index contributed by atoms with van der Waals surface area (Å²) in [6.07, 6.45) is 11.4. The monoisotopic (exact) mass is 461 g/mol. The highest BCUT2D eigenvalue weighted by Gasteiger charge is 2.50. The number of nitrogens with zero attached hydrogens (tertiary/aromatic N) is 5. The average Bonchev–Trinajstić information content (AvgIpc) is 3.20. The van der Waals surface area contributed by atoms with Crippen molar-refractivity contribution in [3.05, 3.63) is 12.7 Å². The molecule has 0 amide bonds. The molecule has 0 aromatic heterocycles. The molecule has 0 aliphatic carbocycles. The molecule has 0 N–H and O–H groups in total. The fourth-order valence-electron chi connectivity index (χ4n) is 6.30. The molecule has 0 aromatic carbocycles. The molecular formula is C24H47N5Si2. The molecule has 0 radical (unpaired) electrons. The van der Waals surface area contributed by atoms with Crippen LogP contribution >= 0.6 is 0 Å². The van der Waals surface area contributed by atoms with E-state index in [9.17, 15) is 0 Å². The molecule has 0 fully saturated rings. The number of imidazole rings is 1. The molecule has 31 heavy (non-hydrogen) atoms. The second-order valence-corrected chi connectivity index (χ2v) is 18.7. The first-order chi connectivity index (χ1) is 15.0. The van der Waals surface area contributed by atoms with Crippen molar-refractivity contribution in [2.75, 3.05) is 4.23 Å². The van der Waals surface area contributed by atoms with Crippen molar-refractivity contribution < 1.29 is 0 Å². The Bertz CT molecular complexity index is 688. The summed E-state index contributed by atoms with van der Waals surface area (Å²) < 4.78 is 5.47. The third-order valence-corrected chi connectivity index (χ3v) is 20.7. The zero-order valence-corrected chi connectivity index (χ0v) is 23.4. The van der Waals surface area contributed by atoms with Gasteiger partial charge in [-0.25, -0.2) is 15.0 Å². The Hall–Kier alpha value is -1.22. The van der Waals surface area contributed by atoms with Gasteiger partial charge >= 0.3 is 0 Å². The summed E-state index contributed by atoms with van der Waals surface area (Å²) in [4.78, 5) is 13.9. The Labute approximate surface area is 193 Å². The number of hydrogen-bond donors (Lipinski definition) is 0. The summed E-state index contributed by atoms with van der Waals surface area (Å²) in [7, 11) is -1.32. The van der Waals surface area contributed by atoms with Crippen LogP contribution in [0.15, 0.2) is 12.7 Å². The van der Waals surface area contributed by atoms with Gasteiger partial charge in [-0.05, 0) is 36.3 Å². The number of aromatic nitrogens is 4. The van der Waals surface area contributed by atoms with E-state index in [2.05, 4.69) is 67.4 Å². The lowest BCUT2D eigenvalue weighted by molar-refractivity contribution is 0.821. The minimum Gasteiger partial charge on any atom is -0.408 e. The van der Waals surface area contributed by atoms with Crippen molar-refractivity contribution in [3.63, 3.8) is 0 Å². The molecule has 5 nitrogen and oxygen atoms in total. The fraction of sp³-hybridized carbons (Fsp3) is 0.792. The van der Waals surface area contributed by atoms with Crippen LogP contribution in [0.4, 0.5) is 5.82 Å². The van der Waals surface area contributed by atoms with Gasteiger partial charge in [0, 0.05) is 7.05 Å². The molecule has 0 aromatic rings. The zero-order chi connectivity index (χ0) is 22.9. The Morgan fingerprint density at radius 2 is 1.10 bits per heavy atom. The molecule has 2 aliphatic rings. The Balaban J connectivity index is 2.91. The van der Waals surface area contributed by atoms with E-state index in [-0.39, 0.29) is 0 Å². The van der Waals surface area contributed by atoms with Gasteiger partial charge in [0.15, 0.2) is 5.82 Å². The van der Waals surface area contributed by atoms with Crippen LogP contribution in [-0.2, 0) is 7.05 Å². The summed E-state index contributed by atoms with van der Waals surface area (Å²) in [5.74, 6) is 2.17. The number of aryl methyl sites for hydroxylation is 1. The maximum Gasteiger partial charge on any atom is 0.184 e. The third-order valence-electron chi connectivity index (χ3n) is 6.93. The van der Waals surface area contributed by atoms with Crippen molar-refractivity contribution in [2.45, 2.75) is 116 Å². The highest BCUT2D eigenvalue weighted by Crippen LogP contribution is 2.45. The molecule has 2 aliphatic heterocycles. The molecule has 0 atom stereocenters. The van der Waals surface area contributed by atoms with Crippen molar-refractivity contribution in [3.8, 4) is 11.5 Å². The molecule has 176 valence electrons. The topological polar surface area (TPSA) is 46.8 Å². The van der Waals surface area contributed by atoms with E-state index in [1.165, 1.54) is 80.6 Å². The van der Waals surface area contributed by atoms with E-state index in [1.807, 2.05) is 6.33 Å². The molecule has 2 heterocycles. The van der Waals surface area contributed by atoms with E-state index in [0.29, 0.717) is 0 Å². The minimum atomic E-state index is -1.76. The van der Waals surface area contributed by atoms with E-state index >= 15 is 0 Å². The lowest BCUT2D eigenvalue weighted by Gasteiger charge is -2.56. The van der Waals surface area contributed by atoms with Crippen LogP contribution in [-0.4, -0.2) is 36.0 Å². The maximum atomic E-state index is 4.80. The normalized spacial score (nSPS) is 12.6. The van der Waals surface area contributed by atoms with Gasteiger partial charge in [-0.3, -0.25) is 0 Å². The molecule has 0 saturated carbocycles. The van der Waals surface area contributed by atoms with Gasteiger partial charge in [-0.1, -0.05) is 80.1 Å². The first kappa shape index (κ1) is 26.0. The van der Waals surface area contributed by atoms with Crippen molar-refractivity contribution in [1.29, 1.82) is 0 Å². The van der Waals surface area contributed by atoms with Crippen LogP contribution in [0.3, 0.4) is 0 Å². The SMILES string of the molecule is CCC[Si](CCC)(CCC)N(c1c2ncnc-2ncn1C)[Si](CCC)(CCC)CCC. The number of fused-ring (bicyclic) bond motifs is 1. The van der Waals surface area contributed by atoms with Gasteiger partial charge in [0.25, 0.3) is 0 Å². The van der Waals surface area contributed by atoms with Crippen LogP contribution in [0.5, 0.6) is 0 Å². The summed E-state index contributed by atoms with van der Waals surface area (Å²) in [5, 5.41) is 0. The fourth-order valence-corrected chi connectivity index (χ4v) is 22.2. The summed E-state index contributed by atoms with van der Waals surface area (Å²) >= 11 is 0. The molecule has 0 spiro atoms. The van der Waals surface area contributed by atoms with Crippen LogP contribution in [0.2, 0.25) is 36.3 Å².